The first-order chi connectivity index (χ1) is 17.6. The minimum absolute atomic E-state index is 0.0679. The first-order valence-electron chi connectivity index (χ1n) is 10.6. The first kappa shape index (κ1) is 27.2. The van der Waals surface area contributed by atoms with Crippen molar-refractivity contribution in [2.45, 2.75) is 30.9 Å². The van der Waals surface area contributed by atoms with Crippen molar-refractivity contribution in [3.05, 3.63) is 69.3 Å². The summed E-state index contributed by atoms with van der Waals surface area (Å²) in [5.74, 6) is -0.228. The highest BCUT2D eigenvalue weighted by Crippen LogP contribution is 2.31. The van der Waals surface area contributed by atoms with Crippen LogP contribution in [0.25, 0.3) is 6.08 Å². The van der Waals surface area contributed by atoms with E-state index in [1.54, 1.807) is 36.4 Å². The van der Waals surface area contributed by atoms with Gasteiger partial charge >= 0.3 is 0 Å². The van der Waals surface area contributed by atoms with Crippen LogP contribution in [0.2, 0.25) is 0 Å². The van der Waals surface area contributed by atoms with E-state index in [2.05, 4.69) is 14.7 Å². The van der Waals surface area contributed by atoms with Gasteiger partial charge in [-0.2, -0.15) is 14.6 Å². The number of rotatable bonds is 10. The van der Waals surface area contributed by atoms with Gasteiger partial charge in [0.1, 0.15) is 18.2 Å². The lowest BCUT2D eigenvalue weighted by molar-refractivity contribution is -0.385. The third-order valence-corrected chi connectivity index (χ3v) is 7.62. The summed E-state index contributed by atoms with van der Waals surface area (Å²) < 4.78 is 39.2. The summed E-state index contributed by atoms with van der Waals surface area (Å²) in [7, 11) is -2.31. The molecule has 3 rings (SSSR count). The molecule has 1 amide bonds. The number of carbonyl (C=O) groups is 1. The smallest absolute Gasteiger partial charge is 0.276 e. The number of nitrogens with zero attached hydrogens (tertiary/aromatic N) is 4. The van der Waals surface area contributed by atoms with Crippen LogP contribution in [0.4, 0.5) is 10.8 Å². The van der Waals surface area contributed by atoms with E-state index >= 15 is 0 Å². The summed E-state index contributed by atoms with van der Waals surface area (Å²) in [5.41, 5.74) is 0.457. The van der Waals surface area contributed by atoms with Crippen LogP contribution in [0.1, 0.15) is 25.0 Å². The number of benzene rings is 2. The number of amides is 1. The number of nitro benzene ring substituents is 1. The van der Waals surface area contributed by atoms with Gasteiger partial charge < -0.3 is 9.47 Å². The molecule has 1 aromatic heterocycles. The lowest BCUT2D eigenvalue weighted by Gasteiger charge is -2.12. The Bertz CT molecular complexity index is 1510. The number of hydrogen-bond donors (Lipinski definition) is 1. The molecular formula is C23H21N5O7S2. The van der Waals surface area contributed by atoms with Crippen LogP contribution in [-0.2, 0) is 21.2 Å². The predicted molar refractivity (Wildman–Crippen MR) is 135 cm³/mol. The highest BCUT2D eigenvalue weighted by atomic mass is 32.2. The minimum Gasteiger partial charge on any atom is -0.493 e. The van der Waals surface area contributed by atoms with Gasteiger partial charge in [-0.3, -0.25) is 20.2 Å². The van der Waals surface area contributed by atoms with Gasteiger partial charge in [-0.1, -0.05) is 18.2 Å². The molecule has 0 bridgehead atoms. The molecule has 0 aliphatic heterocycles. The number of hydrogen-bond acceptors (Lipinski definition) is 11. The van der Waals surface area contributed by atoms with Crippen LogP contribution in [0.5, 0.6) is 11.5 Å². The molecule has 12 nitrogen and oxygen atoms in total. The van der Waals surface area contributed by atoms with Crippen LogP contribution in [0.3, 0.4) is 0 Å². The summed E-state index contributed by atoms with van der Waals surface area (Å²) in [6.45, 7) is 2.90. The van der Waals surface area contributed by atoms with Gasteiger partial charge in [-0.25, -0.2) is 8.42 Å². The minimum atomic E-state index is -3.71. The highest BCUT2D eigenvalue weighted by molar-refractivity contribution is 7.91. The predicted octanol–water partition coefficient (Wildman–Crippen LogP) is 3.76. The van der Waals surface area contributed by atoms with Gasteiger partial charge in [0, 0.05) is 17.6 Å². The van der Waals surface area contributed by atoms with Gasteiger partial charge in [0.05, 0.1) is 22.8 Å². The fourth-order valence-corrected chi connectivity index (χ4v) is 4.62. The normalized spacial score (nSPS) is 11.6. The lowest BCUT2D eigenvalue weighted by atomic mass is 10.1. The number of anilines is 1. The van der Waals surface area contributed by atoms with Crippen LogP contribution < -0.4 is 14.8 Å². The van der Waals surface area contributed by atoms with Crippen molar-refractivity contribution in [3.63, 3.8) is 0 Å². The van der Waals surface area contributed by atoms with E-state index in [1.807, 2.05) is 0 Å². The van der Waals surface area contributed by atoms with Crippen molar-refractivity contribution in [2.24, 2.45) is 0 Å². The van der Waals surface area contributed by atoms with Crippen molar-refractivity contribution in [1.29, 1.82) is 5.26 Å². The number of aromatic nitrogens is 2. The molecule has 0 saturated carbocycles. The Morgan fingerprint density at radius 2 is 2.00 bits per heavy atom. The second-order valence-electron chi connectivity index (χ2n) is 7.68. The van der Waals surface area contributed by atoms with Crippen LogP contribution >= 0.6 is 11.5 Å². The average molecular weight is 544 g/mol. The monoisotopic (exact) mass is 543 g/mol. The largest absolute Gasteiger partial charge is 0.493 e. The molecule has 0 saturated heterocycles. The second-order valence-corrected chi connectivity index (χ2v) is 10.8. The highest BCUT2D eigenvalue weighted by Gasteiger charge is 2.25. The van der Waals surface area contributed by atoms with Crippen molar-refractivity contribution in [2.75, 3.05) is 12.4 Å². The summed E-state index contributed by atoms with van der Waals surface area (Å²) in [6.07, 6.45) is 1.30. The van der Waals surface area contributed by atoms with Gasteiger partial charge in [0.15, 0.2) is 11.5 Å². The van der Waals surface area contributed by atoms with Crippen molar-refractivity contribution < 1.29 is 27.6 Å². The molecule has 0 radical (unpaired) electrons. The van der Waals surface area contributed by atoms with Crippen LogP contribution in [0, 0.1) is 21.4 Å². The second kappa shape index (κ2) is 11.6. The maximum Gasteiger partial charge on any atom is 0.276 e. The summed E-state index contributed by atoms with van der Waals surface area (Å²) in [6, 6.07) is 12.6. The summed E-state index contributed by atoms with van der Waals surface area (Å²) in [4.78, 5) is 27.1. The maximum atomic E-state index is 12.6. The Balaban J connectivity index is 1.77. The molecule has 192 valence electrons. The van der Waals surface area contributed by atoms with Crippen molar-refractivity contribution in [3.8, 4) is 17.6 Å². The van der Waals surface area contributed by atoms with Crippen molar-refractivity contribution in [1.82, 2.24) is 9.36 Å². The molecule has 1 N–H and O–H groups in total. The number of nitrogens with one attached hydrogen (secondary N) is 1. The molecule has 14 heteroatoms. The Morgan fingerprint density at radius 1 is 1.27 bits per heavy atom. The molecule has 0 aliphatic rings. The molecule has 1 heterocycles. The third-order valence-electron chi connectivity index (χ3n) is 4.94. The Hall–Kier alpha value is -4.35. The van der Waals surface area contributed by atoms with Gasteiger partial charge in [-0.15, -0.1) is 0 Å². The van der Waals surface area contributed by atoms with Gasteiger partial charge in [0.2, 0.25) is 15.0 Å². The van der Waals surface area contributed by atoms with E-state index < -0.39 is 31.1 Å². The topological polar surface area (TPSA) is 174 Å². The van der Waals surface area contributed by atoms with Gasteiger partial charge in [0.25, 0.3) is 16.8 Å². The summed E-state index contributed by atoms with van der Waals surface area (Å²) in [5, 5.41) is 21.9. The molecule has 3 aromatic rings. The van der Waals surface area contributed by atoms with E-state index in [-0.39, 0.29) is 28.7 Å². The fourth-order valence-electron chi connectivity index (χ4n) is 2.93. The molecular weight excluding hydrogens is 522 g/mol. The number of nitro groups is 1. The molecule has 0 aliphatic carbocycles. The SMILES string of the molecule is COc1cc(/C=C(/C#N)C(=O)Nc2nc(S(=O)(=O)C(C)C)ns2)ccc1OCc1ccccc1[N+](=O)[O-]. The van der Waals surface area contributed by atoms with E-state index in [9.17, 15) is 28.6 Å². The lowest BCUT2D eigenvalue weighted by Crippen LogP contribution is -2.16. The molecule has 0 unspecified atom stereocenters. The first-order valence-corrected chi connectivity index (χ1v) is 12.9. The molecule has 2 aromatic carbocycles. The number of para-hydroxylation sites is 1. The fraction of sp³-hybridized carbons (Fsp3) is 0.217. The van der Waals surface area contributed by atoms with Crippen LogP contribution in [0.15, 0.2) is 53.2 Å². The number of ether oxygens (including phenoxy) is 2. The van der Waals surface area contributed by atoms with E-state index in [0.29, 0.717) is 28.4 Å². The standard InChI is InChI=1S/C23H21N5O7S2/c1-14(2)37(32,33)23-26-22(36-27-23)25-21(29)17(12-24)10-15-8-9-19(20(11-15)34-3)35-13-16-6-4-5-7-18(16)28(30)31/h4-11,14H,13H2,1-3H3,(H,25,26,27,29)/b17-10-. The number of sulfone groups is 1. The Morgan fingerprint density at radius 3 is 2.65 bits per heavy atom. The number of nitriles is 1. The number of carbonyl (C=O) groups excluding carboxylic acids is 1. The third kappa shape index (κ3) is 6.46. The maximum absolute atomic E-state index is 12.6. The molecule has 0 atom stereocenters. The van der Waals surface area contributed by atoms with E-state index in [1.165, 1.54) is 39.2 Å². The van der Waals surface area contributed by atoms with E-state index in [0.717, 1.165) is 0 Å². The average Bonchev–Trinajstić information content (AvgIpc) is 3.35. The quantitative estimate of drug-likeness (QED) is 0.171. The summed E-state index contributed by atoms with van der Waals surface area (Å²) >= 11 is 0.683. The Kier molecular flexibility index (Phi) is 8.53. The van der Waals surface area contributed by atoms with Gasteiger partial charge in [-0.05, 0) is 43.7 Å². The zero-order valence-corrected chi connectivity index (χ0v) is 21.5. The molecule has 37 heavy (non-hydrogen) atoms. The Labute approximate surface area is 216 Å². The van der Waals surface area contributed by atoms with Crippen molar-refractivity contribution >= 4 is 44.2 Å². The van der Waals surface area contributed by atoms with Crippen LogP contribution in [-0.4, -0.2) is 41.0 Å². The zero-order chi connectivity index (χ0) is 27.2. The molecule has 0 fully saturated rings. The zero-order valence-electron chi connectivity index (χ0n) is 19.9. The molecule has 0 spiro atoms. The number of methoxy groups -OCH3 is 1. The van der Waals surface area contributed by atoms with E-state index in [4.69, 9.17) is 9.47 Å².